The van der Waals surface area contributed by atoms with Gasteiger partial charge >= 0.3 is 5.97 Å². The number of hydrogen-bond donors (Lipinski definition) is 1. The minimum atomic E-state index is -2.07. The van der Waals surface area contributed by atoms with Crippen LogP contribution in [0.4, 0.5) is 14.5 Å². The SMILES string of the molecule is CC[C@@H]1C[C@@H](c2ccc(F)cc2N2CCC(C(=O)O)CC2)CN1C(=O)[C@]1(F)CN(C2CCC(C)CC2)C[C@H]1c1ccc(OC)cc1. The van der Waals surface area contributed by atoms with E-state index >= 15 is 4.39 Å². The van der Waals surface area contributed by atoms with Crippen LogP contribution in [0.15, 0.2) is 42.5 Å². The van der Waals surface area contributed by atoms with Gasteiger partial charge in [0.15, 0.2) is 0 Å². The van der Waals surface area contributed by atoms with E-state index in [0.29, 0.717) is 63.5 Å². The molecule has 9 heteroatoms. The molecule has 4 atom stereocenters. The number of hydrogen-bond acceptors (Lipinski definition) is 5. The van der Waals surface area contributed by atoms with Gasteiger partial charge in [0.2, 0.25) is 5.67 Å². The zero-order valence-electron chi connectivity index (χ0n) is 27.5. The number of carbonyl (C=O) groups excluding carboxylic acids is 1. The molecule has 7 nitrogen and oxygen atoms in total. The molecule has 3 aliphatic heterocycles. The van der Waals surface area contributed by atoms with Gasteiger partial charge in [0.1, 0.15) is 11.6 Å². The highest BCUT2D eigenvalue weighted by Gasteiger charge is 2.57. The van der Waals surface area contributed by atoms with Crippen LogP contribution in [0.1, 0.15) is 88.2 Å². The van der Waals surface area contributed by atoms with E-state index in [1.54, 1.807) is 12.0 Å². The summed E-state index contributed by atoms with van der Waals surface area (Å²) in [6.45, 7) is 6.38. The van der Waals surface area contributed by atoms with E-state index in [0.717, 1.165) is 42.5 Å². The number of nitrogens with zero attached hydrogens (tertiary/aromatic N) is 3. The van der Waals surface area contributed by atoms with Crippen LogP contribution in [0, 0.1) is 17.7 Å². The molecule has 1 amide bonds. The molecule has 1 aliphatic carbocycles. The molecule has 0 bridgehead atoms. The molecule has 3 saturated heterocycles. The summed E-state index contributed by atoms with van der Waals surface area (Å²) >= 11 is 0. The fourth-order valence-electron chi connectivity index (χ4n) is 8.68. The van der Waals surface area contributed by atoms with E-state index in [-0.39, 0.29) is 36.3 Å². The number of methoxy groups -OCH3 is 1. The van der Waals surface area contributed by atoms with Crippen molar-refractivity contribution in [2.45, 2.75) is 94.8 Å². The van der Waals surface area contributed by atoms with Crippen molar-refractivity contribution in [1.29, 1.82) is 0 Å². The van der Waals surface area contributed by atoms with Crippen LogP contribution in [0.3, 0.4) is 0 Å². The Hall–Kier alpha value is -3.20. The van der Waals surface area contributed by atoms with Gasteiger partial charge in [0.25, 0.3) is 5.91 Å². The molecule has 0 spiro atoms. The quantitative estimate of drug-likeness (QED) is 0.351. The number of carboxylic acid groups (broad SMARTS) is 1. The van der Waals surface area contributed by atoms with Crippen molar-refractivity contribution in [3.8, 4) is 5.75 Å². The van der Waals surface area contributed by atoms with E-state index in [1.165, 1.54) is 12.1 Å². The highest BCUT2D eigenvalue weighted by atomic mass is 19.1. The number of carbonyl (C=O) groups is 2. The van der Waals surface area contributed by atoms with Gasteiger partial charge in [0, 0.05) is 62.3 Å². The van der Waals surface area contributed by atoms with Crippen LogP contribution in [0.25, 0.3) is 0 Å². The normalized spacial score (nSPS) is 30.9. The van der Waals surface area contributed by atoms with Crippen molar-refractivity contribution < 1.29 is 28.2 Å². The number of benzene rings is 2. The summed E-state index contributed by atoms with van der Waals surface area (Å²) in [6.07, 6.45) is 6.71. The van der Waals surface area contributed by atoms with Crippen LogP contribution >= 0.6 is 0 Å². The molecule has 6 rings (SSSR count). The van der Waals surface area contributed by atoms with Gasteiger partial charge in [-0.1, -0.05) is 32.0 Å². The molecule has 3 heterocycles. The average molecular weight is 638 g/mol. The zero-order valence-corrected chi connectivity index (χ0v) is 27.5. The first-order valence-corrected chi connectivity index (χ1v) is 17.3. The molecule has 0 unspecified atom stereocenters. The lowest BCUT2D eigenvalue weighted by atomic mass is 9.85. The first kappa shape index (κ1) is 32.7. The number of rotatable bonds is 8. The van der Waals surface area contributed by atoms with Gasteiger partial charge < -0.3 is 19.6 Å². The second-order valence-electron chi connectivity index (χ2n) is 14.3. The molecule has 2 aromatic carbocycles. The van der Waals surface area contributed by atoms with Crippen LogP contribution < -0.4 is 9.64 Å². The number of piperidine rings is 1. The maximum atomic E-state index is 17.8. The van der Waals surface area contributed by atoms with Crippen LogP contribution in [0.5, 0.6) is 5.75 Å². The Morgan fingerprint density at radius 1 is 1.00 bits per heavy atom. The summed E-state index contributed by atoms with van der Waals surface area (Å²) in [4.78, 5) is 32.3. The summed E-state index contributed by atoms with van der Waals surface area (Å²) < 4.78 is 37.7. The molecule has 4 aliphatic rings. The minimum absolute atomic E-state index is 0.0675. The molecule has 0 aromatic heterocycles. The predicted molar refractivity (Wildman–Crippen MR) is 175 cm³/mol. The summed E-state index contributed by atoms with van der Waals surface area (Å²) in [6, 6.07) is 12.5. The van der Waals surface area contributed by atoms with Crippen molar-refractivity contribution in [3.05, 3.63) is 59.4 Å². The smallest absolute Gasteiger partial charge is 0.306 e. The molecule has 1 saturated carbocycles. The van der Waals surface area contributed by atoms with Crippen molar-refractivity contribution in [1.82, 2.24) is 9.80 Å². The van der Waals surface area contributed by atoms with Gasteiger partial charge in [0.05, 0.1) is 13.0 Å². The standard InChI is InChI=1S/C37H49F2N3O4/c1-4-29-19-27(32-14-9-28(38)20-34(32)40-17-15-26(16-18-40)35(43)44)21-42(29)36(45)37(39)23-41(30-10-5-24(2)6-11-30)22-33(37)25-7-12-31(46-3)13-8-25/h7-9,12-14,20,24,26-27,29-30,33H,4-6,10-11,15-19,21-23H2,1-3H3,(H,43,44)/t24?,27-,29-,30?,33+,37+/m1/s1. The number of anilines is 1. The Labute approximate surface area is 271 Å². The van der Waals surface area contributed by atoms with Gasteiger partial charge in [-0.15, -0.1) is 0 Å². The lowest BCUT2D eigenvalue weighted by Gasteiger charge is -2.35. The molecule has 250 valence electrons. The second kappa shape index (κ2) is 13.5. The predicted octanol–water partition coefficient (Wildman–Crippen LogP) is 6.62. The lowest BCUT2D eigenvalue weighted by molar-refractivity contribution is -0.145. The monoisotopic (exact) mass is 637 g/mol. The molecule has 1 N–H and O–H groups in total. The third-order valence-corrected chi connectivity index (χ3v) is 11.5. The highest BCUT2D eigenvalue weighted by Crippen LogP contribution is 2.47. The van der Waals surface area contributed by atoms with Crippen molar-refractivity contribution in [2.75, 3.05) is 44.7 Å². The number of aliphatic carboxylic acids is 1. The number of likely N-dealkylation sites (tertiary alicyclic amines) is 2. The third kappa shape index (κ3) is 6.36. The minimum Gasteiger partial charge on any atom is -0.497 e. The molecular weight excluding hydrogens is 588 g/mol. The second-order valence-corrected chi connectivity index (χ2v) is 14.3. The maximum Gasteiger partial charge on any atom is 0.306 e. The summed E-state index contributed by atoms with van der Waals surface area (Å²) in [5.74, 6) is -1.22. The van der Waals surface area contributed by atoms with Gasteiger partial charge in [-0.2, -0.15) is 0 Å². The highest BCUT2D eigenvalue weighted by molar-refractivity contribution is 5.88. The topological polar surface area (TPSA) is 73.3 Å². The number of halogens is 2. The van der Waals surface area contributed by atoms with E-state index in [1.807, 2.05) is 37.3 Å². The molecular formula is C37H49F2N3O4. The third-order valence-electron chi connectivity index (χ3n) is 11.5. The summed E-state index contributed by atoms with van der Waals surface area (Å²) in [7, 11) is 1.61. The largest absolute Gasteiger partial charge is 0.497 e. The molecule has 0 radical (unpaired) electrons. The van der Waals surface area contributed by atoms with E-state index in [9.17, 15) is 19.1 Å². The number of ether oxygens (including phenoxy) is 1. The van der Waals surface area contributed by atoms with Crippen molar-refractivity contribution in [2.24, 2.45) is 11.8 Å². The Morgan fingerprint density at radius 2 is 1.70 bits per heavy atom. The summed E-state index contributed by atoms with van der Waals surface area (Å²) in [5, 5.41) is 9.48. The Balaban J connectivity index is 1.27. The fourth-order valence-corrected chi connectivity index (χ4v) is 8.68. The molecule has 46 heavy (non-hydrogen) atoms. The van der Waals surface area contributed by atoms with Gasteiger partial charge in [-0.05, 0) is 92.7 Å². The van der Waals surface area contributed by atoms with Crippen molar-refractivity contribution >= 4 is 17.6 Å². The van der Waals surface area contributed by atoms with Crippen LogP contribution in [0.2, 0.25) is 0 Å². The fraction of sp³-hybridized carbons (Fsp3) is 0.622. The first-order valence-electron chi connectivity index (χ1n) is 17.3. The lowest BCUT2D eigenvalue weighted by Crippen LogP contribution is -2.52. The number of amides is 1. The number of carboxylic acids is 1. The summed E-state index contributed by atoms with van der Waals surface area (Å²) in [5.41, 5.74) is 0.470. The van der Waals surface area contributed by atoms with E-state index in [4.69, 9.17) is 4.74 Å². The van der Waals surface area contributed by atoms with Crippen LogP contribution in [-0.2, 0) is 9.59 Å². The van der Waals surface area contributed by atoms with E-state index in [2.05, 4.69) is 16.7 Å². The van der Waals surface area contributed by atoms with Gasteiger partial charge in [-0.3, -0.25) is 14.5 Å². The molecule has 4 fully saturated rings. The zero-order chi connectivity index (χ0) is 32.6. The first-order chi connectivity index (χ1) is 22.1. The van der Waals surface area contributed by atoms with Crippen LogP contribution in [-0.4, -0.2) is 84.4 Å². The number of alkyl halides is 1. The Bertz CT molecular complexity index is 1390. The molecule has 2 aromatic rings. The Morgan fingerprint density at radius 3 is 2.33 bits per heavy atom. The Kier molecular flexibility index (Phi) is 9.60. The average Bonchev–Trinajstić information content (AvgIpc) is 3.67. The van der Waals surface area contributed by atoms with E-state index < -0.39 is 23.5 Å². The maximum absolute atomic E-state index is 17.8. The van der Waals surface area contributed by atoms with Crippen molar-refractivity contribution in [3.63, 3.8) is 0 Å². The van der Waals surface area contributed by atoms with Gasteiger partial charge in [-0.25, -0.2) is 8.78 Å².